The van der Waals surface area contributed by atoms with Gasteiger partial charge in [0.05, 0.1) is 5.56 Å². The molecule has 0 saturated carbocycles. The number of hydrogen-bond acceptors (Lipinski definition) is 5. The Morgan fingerprint density at radius 3 is 2.65 bits per heavy atom. The fourth-order valence-corrected chi connectivity index (χ4v) is 2.14. The number of pyridine rings is 1. The number of halogens is 3. The van der Waals surface area contributed by atoms with Crippen LogP contribution in [0.2, 0.25) is 0 Å². The van der Waals surface area contributed by atoms with Crippen LogP contribution >= 0.6 is 11.8 Å². The maximum absolute atomic E-state index is 12.4. The van der Waals surface area contributed by atoms with E-state index in [4.69, 9.17) is 0 Å². The predicted octanol–water partition coefficient (Wildman–Crippen LogP) is 2.69. The Labute approximate surface area is 114 Å². The summed E-state index contributed by atoms with van der Waals surface area (Å²) in [6, 6.07) is 3.96. The van der Waals surface area contributed by atoms with Gasteiger partial charge in [-0.15, -0.1) is 5.10 Å². The first-order valence-electron chi connectivity index (χ1n) is 5.41. The van der Waals surface area contributed by atoms with Crippen molar-refractivity contribution in [2.75, 3.05) is 0 Å². The van der Waals surface area contributed by atoms with Crippen molar-refractivity contribution in [1.29, 1.82) is 0 Å². The molecule has 0 aliphatic rings. The van der Waals surface area contributed by atoms with Crippen molar-refractivity contribution < 1.29 is 13.2 Å². The van der Waals surface area contributed by atoms with Crippen LogP contribution in [0.1, 0.15) is 5.56 Å². The number of alkyl halides is 3. The second kappa shape index (κ2) is 4.75. The highest BCUT2D eigenvalue weighted by Crippen LogP contribution is 2.30. The van der Waals surface area contributed by atoms with Gasteiger partial charge < -0.3 is 0 Å². The zero-order valence-corrected chi connectivity index (χ0v) is 10.6. The Morgan fingerprint density at radius 1 is 1.15 bits per heavy atom. The lowest BCUT2D eigenvalue weighted by Crippen LogP contribution is -2.05. The van der Waals surface area contributed by atoms with E-state index in [1.165, 1.54) is 10.6 Å². The van der Waals surface area contributed by atoms with Gasteiger partial charge in [-0.1, -0.05) is 0 Å². The molecular formula is C11H6F3N5S. The molecule has 0 bridgehead atoms. The SMILES string of the molecule is FC(F)(F)c1ccc(Sc2nc3ncccn3n2)nc1. The van der Waals surface area contributed by atoms with Crippen LogP contribution in [0.5, 0.6) is 0 Å². The Kier molecular flexibility index (Phi) is 3.05. The lowest BCUT2D eigenvalue weighted by Gasteiger charge is -2.05. The molecule has 20 heavy (non-hydrogen) atoms. The molecule has 0 aliphatic carbocycles. The molecule has 3 heterocycles. The molecule has 5 nitrogen and oxygen atoms in total. The summed E-state index contributed by atoms with van der Waals surface area (Å²) in [5.74, 6) is 0.418. The number of fused-ring (bicyclic) bond motifs is 1. The standard InChI is InChI=1S/C11H6F3N5S/c12-11(13,14)7-2-3-8(16-6-7)20-10-17-9-15-4-1-5-19(9)18-10/h1-6H. The first-order chi connectivity index (χ1) is 9.52. The van der Waals surface area contributed by atoms with E-state index in [2.05, 4.69) is 20.1 Å². The highest BCUT2D eigenvalue weighted by Gasteiger charge is 2.30. The van der Waals surface area contributed by atoms with Crippen LogP contribution in [0, 0.1) is 0 Å². The van der Waals surface area contributed by atoms with Crippen LogP contribution in [0.4, 0.5) is 13.2 Å². The third kappa shape index (κ3) is 2.57. The zero-order chi connectivity index (χ0) is 14.2. The summed E-state index contributed by atoms with van der Waals surface area (Å²) in [5.41, 5.74) is -0.786. The summed E-state index contributed by atoms with van der Waals surface area (Å²) < 4.78 is 38.7. The Bertz CT molecular complexity index is 705. The molecule has 0 aliphatic heterocycles. The fourth-order valence-electron chi connectivity index (χ4n) is 1.46. The predicted molar refractivity (Wildman–Crippen MR) is 64.1 cm³/mol. The normalized spacial score (nSPS) is 11.9. The molecule has 0 aromatic carbocycles. The molecule has 0 saturated heterocycles. The van der Waals surface area contributed by atoms with E-state index >= 15 is 0 Å². The van der Waals surface area contributed by atoms with E-state index < -0.39 is 11.7 Å². The quantitative estimate of drug-likeness (QED) is 0.728. The zero-order valence-electron chi connectivity index (χ0n) is 9.74. The van der Waals surface area contributed by atoms with Crippen LogP contribution in [0.25, 0.3) is 5.78 Å². The molecule has 0 fully saturated rings. The summed E-state index contributed by atoms with van der Waals surface area (Å²) in [5, 5.41) is 4.88. The van der Waals surface area contributed by atoms with Crippen molar-refractivity contribution >= 4 is 17.5 Å². The van der Waals surface area contributed by atoms with Gasteiger partial charge in [0.15, 0.2) is 0 Å². The molecule has 0 atom stereocenters. The van der Waals surface area contributed by atoms with Crippen LogP contribution in [-0.2, 0) is 6.18 Å². The Morgan fingerprint density at radius 2 is 2.00 bits per heavy atom. The second-order valence-corrected chi connectivity index (χ2v) is 4.73. The Hall–Kier alpha value is -2.16. The van der Waals surface area contributed by atoms with Crippen molar-refractivity contribution in [1.82, 2.24) is 24.6 Å². The molecule has 0 amide bonds. The van der Waals surface area contributed by atoms with Gasteiger partial charge in [0, 0.05) is 18.6 Å². The fraction of sp³-hybridized carbons (Fsp3) is 0.0909. The average Bonchev–Trinajstić information content (AvgIpc) is 2.80. The van der Waals surface area contributed by atoms with E-state index in [9.17, 15) is 13.2 Å². The van der Waals surface area contributed by atoms with Gasteiger partial charge in [-0.05, 0) is 30.0 Å². The van der Waals surface area contributed by atoms with Gasteiger partial charge >= 0.3 is 6.18 Å². The van der Waals surface area contributed by atoms with Crippen molar-refractivity contribution in [2.45, 2.75) is 16.4 Å². The van der Waals surface area contributed by atoms with E-state index in [-0.39, 0.29) is 0 Å². The summed E-state index contributed by atoms with van der Waals surface area (Å²) >= 11 is 1.07. The summed E-state index contributed by atoms with van der Waals surface area (Å²) in [6.45, 7) is 0. The van der Waals surface area contributed by atoms with Crippen molar-refractivity contribution in [3.8, 4) is 0 Å². The van der Waals surface area contributed by atoms with Gasteiger partial charge in [-0.2, -0.15) is 18.2 Å². The number of rotatable bonds is 2. The highest BCUT2D eigenvalue weighted by molar-refractivity contribution is 7.99. The third-order valence-corrected chi connectivity index (χ3v) is 3.16. The van der Waals surface area contributed by atoms with Crippen molar-refractivity contribution in [3.63, 3.8) is 0 Å². The molecule has 0 N–H and O–H groups in total. The first kappa shape index (κ1) is 12.9. The lowest BCUT2D eigenvalue weighted by molar-refractivity contribution is -0.137. The van der Waals surface area contributed by atoms with Crippen molar-refractivity contribution in [3.05, 3.63) is 42.4 Å². The van der Waals surface area contributed by atoms with Gasteiger partial charge in [-0.3, -0.25) is 0 Å². The molecule has 0 unspecified atom stereocenters. The van der Waals surface area contributed by atoms with Gasteiger partial charge in [0.25, 0.3) is 5.78 Å². The molecule has 0 spiro atoms. The minimum absolute atomic E-state index is 0.371. The van der Waals surface area contributed by atoms with Crippen LogP contribution in [-0.4, -0.2) is 24.6 Å². The van der Waals surface area contributed by atoms with Crippen LogP contribution in [0.15, 0.2) is 47.0 Å². The van der Waals surface area contributed by atoms with E-state index in [1.807, 2.05) is 0 Å². The highest BCUT2D eigenvalue weighted by atomic mass is 32.2. The number of nitrogens with zero attached hydrogens (tertiary/aromatic N) is 5. The minimum atomic E-state index is -4.39. The van der Waals surface area contributed by atoms with Gasteiger partial charge in [0.1, 0.15) is 5.03 Å². The Balaban J connectivity index is 1.84. The topological polar surface area (TPSA) is 56.0 Å². The largest absolute Gasteiger partial charge is 0.417 e. The van der Waals surface area contributed by atoms with E-state index in [1.54, 1.807) is 18.5 Å². The van der Waals surface area contributed by atoms with Crippen molar-refractivity contribution in [2.24, 2.45) is 0 Å². The summed E-state index contributed by atoms with van der Waals surface area (Å²) in [7, 11) is 0. The smallest absolute Gasteiger partial charge is 0.249 e. The average molecular weight is 297 g/mol. The monoisotopic (exact) mass is 297 g/mol. The summed E-state index contributed by atoms with van der Waals surface area (Å²) in [6.07, 6.45) is -0.341. The minimum Gasteiger partial charge on any atom is -0.249 e. The molecule has 0 radical (unpaired) electrons. The number of hydrogen-bond donors (Lipinski definition) is 0. The molecule has 3 aromatic heterocycles. The van der Waals surface area contributed by atoms with E-state index in [0.717, 1.165) is 24.0 Å². The molecular weight excluding hydrogens is 291 g/mol. The maximum Gasteiger partial charge on any atom is 0.417 e. The van der Waals surface area contributed by atoms with Gasteiger partial charge in [0.2, 0.25) is 5.16 Å². The molecule has 3 aromatic rings. The van der Waals surface area contributed by atoms with Gasteiger partial charge in [-0.25, -0.2) is 14.5 Å². The molecule has 9 heteroatoms. The third-order valence-electron chi connectivity index (χ3n) is 2.36. The molecule has 102 valence electrons. The van der Waals surface area contributed by atoms with Crippen LogP contribution < -0.4 is 0 Å². The van der Waals surface area contributed by atoms with E-state index in [0.29, 0.717) is 16.0 Å². The number of aromatic nitrogens is 5. The molecule has 3 rings (SSSR count). The maximum atomic E-state index is 12.4. The second-order valence-electron chi connectivity index (χ2n) is 3.74. The summed E-state index contributed by atoms with van der Waals surface area (Å²) in [4.78, 5) is 11.9. The lowest BCUT2D eigenvalue weighted by atomic mass is 10.3. The first-order valence-corrected chi connectivity index (χ1v) is 6.22. The van der Waals surface area contributed by atoms with Crippen LogP contribution in [0.3, 0.4) is 0 Å².